The van der Waals surface area contributed by atoms with E-state index in [1.165, 1.54) is 5.56 Å². The zero-order chi connectivity index (χ0) is 19.3. The van der Waals surface area contributed by atoms with Gasteiger partial charge in [-0.2, -0.15) is 9.90 Å². The van der Waals surface area contributed by atoms with Gasteiger partial charge in [0, 0.05) is 32.7 Å². The van der Waals surface area contributed by atoms with Crippen LogP contribution in [0, 0.1) is 6.92 Å². The van der Waals surface area contributed by atoms with Gasteiger partial charge in [-0.1, -0.05) is 48.5 Å². The molecule has 1 aliphatic rings. The van der Waals surface area contributed by atoms with Crippen LogP contribution in [0.25, 0.3) is 5.69 Å². The van der Waals surface area contributed by atoms with Crippen LogP contribution in [0.4, 0.5) is 0 Å². The maximum atomic E-state index is 13.1. The van der Waals surface area contributed by atoms with Gasteiger partial charge >= 0.3 is 0 Å². The van der Waals surface area contributed by atoms with Gasteiger partial charge in [0.05, 0.1) is 11.4 Å². The molecule has 0 N–H and O–H groups in total. The zero-order valence-corrected chi connectivity index (χ0v) is 16.2. The molecule has 144 valence electrons. The largest absolute Gasteiger partial charge is 0.336 e. The number of amides is 1. The maximum Gasteiger partial charge on any atom is 0.276 e. The van der Waals surface area contributed by atoms with Crippen LogP contribution in [-0.2, 0) is 6.54 Å². The minimum atomic E-state index is -0.0266. The highest BCUT2D eigenvalue weighted by Gasteiger charge is 2.24. The van der Waals surface area contributed by atoms with Crippen molar-refractivity contribution in [2.75, 3.05) is 26.2 Å². The van der Waals surface area contributed by atoms with E-state index in [0.29, 0.717) is 17.9 Å². The van der Waals surface area contributed by atoms with E-state index >= 15 is 0 Å². The number of benzene rings is 2. The molecule has 1 saturated heterocycles. The lowest BCUT2D eigenvalue weighted by molar-refractivity contribution is 0.0754. The molecule has 0 radical (unpaired) electrons. The van der Waals surface area contributed by atoms with Gasteiger partial charge in [0.25, 0.3) is 5.91 Å². The summed E-state index contributed by atoms with van der Waals surface area (Å²) in [6.07, 6.45) is 0.963. The Morgan fingerprint density at radius 3 is 2.36 bits per heavy atom. The lowest BCUT2D eigenvalue weighted by Crippen LogP contribution is -2.35. The Morgan fingerprint density at radius 1 is 0.893 bits per heavy atom. The molecule has 1 fully saturated rings. The summed E-state index contributed by atoms with van der Waals surface area (Å²) in [6, 6.07) is 20.2. The summed E-state index contributed by atoms with van der Waals surface area (Å²) in [4.78, 5) is 18.9. The first-order chi connectivity index (χ1) is 13.7. The highest BCUT2D eigenvalue weighted by Crippen LogP contribution is 2.14. The Bertz CT molecular complexity index is 923. The van der Waals surface area contributed by atoms with E-state index in [0.717, 1.165) is 38.3 Å². The minimum Gasteiger partial charge on any atom is -0.336 e. The molecule has 0 atom stereocenters. The van der Waals surface area contributed by atoms with Crippen molar-refractivity contribution < 1.29 is 4.79 Å². The third-order valence-corrected chi connectivity index (χ3v) is 5.10. The molecule has 3 aromatic rings. The van der Waals surface area contributed by atoms with E-state index in [4.69, 9.17) is 0 Å². The van der Waals surface area contributed by atoms with Crippen LogP contribution in [0.2, 0.25) is 0 Å². The fourth-order valence-electron chi connectivity index (χ4n) is 3.58. The van der Waals surface area contributed by atoms with Gasteiger partial charge < -0.3 is 4.90 Å². The quantitative estimate of drug-likeness (QED) is 0.704. The molecule has 1 aromatic heterocycles. The molecule has 1 aliphatic heterocycles. The SMILES string of the molecule is Cc1nn(-c2ccccc2)nc1C(=O)N1CCCN(Cc2ccccc2)CC1. The van der Waals surface area contributed by atoms with E-state index in [9.17, 15) is 4.79 Å². The number of hydrogen-bond donors (Lipinski definition) is 0. The molecule has 2 aromatic carbocycles. The van der Waals surface area contributed by atoms with E-state index in [-0.39, 0.29) is 5.91 Å². The average Bonchev–Trinajstić information content (AvgIpc) is 2.97. The van der Waals surface area contributed by atoms with Crippen LogP contribution in [0.5, 0.6) is 0 Å². The molecule has 0 bridgehead atoms. The number of nitrogens with zero attached hydrogens (tertiary/aromatic N) is 5. The first-order valence-electron chi connectivity index (χ1n) is 9.75. The van der Waals surface area contributed by atoms with Gasteiger partial charge in [-0.05, 0) is 31.0 Å². The number of para-hydroxylation sites is 1. The molecule has 6 nitrogen and oxygen atoms in total. The number of carbonyl (C=O) groups excluding carboxylic acids is 1. The van der Waals surface area contributed by atoms with Crippen LogP contribution in [0.15, 0.2) is 60.7 Å². The van der Waals surface area contributed by atoms with E-state index in [2.05, 4.69) is 39.4 Å². The third kappa shape index (κ3) is 4.12. The normalized spacial score (nSPS) is 15.4. The fraction of sp³-hybridized carbons (Fsp3) is 0.318. The Morgan fingerprint density at radius 2 is 1.61 bits per heavy atom. The lowest BCUT2D eigenvalue weighted by Gasteiger charge is -2.21. The lowest BCUT2D eigenvalue weighted by atomic mass is 10.2. The second-order valence-electron chi connectivity index (χ2n) is 7.17. The molecule has 0 unspecified atom stereocenters. The van der Waals surface area contributed by atoms with E-state index in [1.807, 2.05) is 48.2 Å². The summed E-state index contributed by atoms with van der Waals surface area (Å²) in [5, 5.41) is 8.91. The number of aromatic nitrogens is 3. The minimum absolute atomic E-state index is 0.0266. The van der Waals surface area contributed by atoms with Crippen molar-refractivity contribution in [3.8, 4) is 5.69 Å². The Labute approximate surface area is 165 Å². The van der Waals surface area contributed by atoms with Crippen molar-refractivity contribution in [2.45, 2.75) is 19.9 Å². The molecule has 0 spiro atoms. The fourth-order valence-corrected chi connectivity index (χ4v) is 3.58. The Balaban J connectivity index is 1.43. The van der Waals surface area contributed by atoms with Gasteiger partial charge in [0.15, 0.2) is 5.69 Å². The standard InChI is InChI=1S/C22H25N5O/c1-18-21(24-27(23-18)20-11-6-3-7-12-20)22(28)26-14-8-13-25(15-16-26)17-19-9-4-2-5-10-19/h2-7,9-12H,8,13-17H2,1H3. The summed E-state index contributed by atoms with van der Waals surface area (Å²) >= 11 is 0. The molecule has 2 heterocycles. The zero-order valence-electron chi connectivity index (χ0n) is 16.2. The van der Waals surface area contributed by atoms with Crippen LogP contribution in [0.1, 0.15) is 28.2 Å². The van der Waals surface area contributed by atoms with Crippen molar-refractivity contribution in [3.05, 3.63) is 77.6 Å². The predicted molar refractivity (Wildman–Crippen MR) is 108 cm³/mol. The van der Waals surface area contributed by atoms with Crippen LogP contribution in [0.3, 0.4) is 0 Å². The summed E-state index contributed by atoms with van der Waals surface area (Å²) < 4.78 is 0. The Kier molecular flexibility index (Phi) is 5.48. The summed E-state index contributed by atoms with van der Waals surface area (Å²) in [7, 11) is 0. The van der Waals surface area contributed by atoms with Crippen molar-refractivity contribution in [2.24, 2.45) is 0 Å². The molecule has 6 heteroatoms. The first kappa shape index (κ1) is 18.4. The molecular weight excluding hydrogens is 350 g/mol. The second-order valence-corrected chi connectivity index (χ2v) is 7.17. The highest BCUT2D eigenvalue weighted by molar-refractivity contribution is 5.93. The summed E-state index contributed by atoms with van der Waals surface area (Å²) in [5.41, 5.74) is 3.28. The van der Waals surface area contributed by atoms with Crippen LogP contribution in [-0.4, -0.2) is 56.9 Å². The number of aryl methyl sites for hydroxylation is 1. The van der Waals surface area contributed by atoms with Crippen molar-refractivity contribution >= 4 is 5.91 Å². The monoisotopic (exact) mass is 375 g/mol. The van der Waals surface area contributed by atoms with Crippen molar-refractivity contribution in [1.29, 1.82) is 0 Å². The number of carbonyl (C=O) groups is 1. The van der Waals surface area contributed by atoms with E-state index in [1.54, 1.807) is 4.80 Å². The first-order valence-corrected chi connectivity index (χ1v) is 9.75. The van der Waals surface area contributed by atoms with Crippen molar-refractivity contribution in [3.63, 3.8) is 0 Å². The van der Waals surface area contributed by atoms with Crippen LogP contribution >= 0.6 is 0 Å². The second kappa shape index (κ2) is 8.35. The van der Waals surface area contributed by atoms with Crippen LogP contribution < -0.4 is 0 Å². The molecule has 1 amide bonds. The van der Waals surface area contributed by atoms with Gasteiger partial charge in [0.2, 0.25) is 0 Å². The summed E-state index contributed by atoms with van der Waals surface area (Å²) in [6.45, 7) is 6.09. The molecular formula is C22H25N5O. The smallest absolute Gasteiger partial charge is 0.276 e. The van der Waals surface area contributed by atoms with Crippen molar-refractivity contribution in [1.82, 2.24) is 24.8 Å². The maximum absolute atomic E-state index is 13.1. The highest BCUT2D eigenvalue weighted by atomic mass is 16.2. The van der Waals surface area contributed by atoms with Gasteiger partial charge in [-0.25, -0.2) is 0 Å². The predicted octanol–water partition coefficient (Wildman–Crippen LogP) is 2.92. The van der Waals surface area contributed by atoms with Gasteiger partial charge in [-0.15, -0.1) is 5.10 Å². The molecule has 0 aliphatic carbocycles. The molecule has 28 heavy (non-hydrogen) atoms. The number of hydrogen-bond acceptors (Lipinski definition) is 4. The Hall–Kier alpha value is -2.99. The summed E-state index contributed by atoms with van der Waals surface area (Å²) in [5.74, 6) is -0.0266. The molecule has 0 saturated carbocycles. The van der Waals surface area contributed by atoms with Gasteiger partial charge in [0.1, 0.15) is 0 Å². The topological polar surface area (TPSA) is 54.3 Å². The van der Waals surface area contributed by atoms with Gasteiger partial charge in [-0.3, -0.25) is 9.69 Å². The number of rotatable bonds is 4. The molecule has 4 rings (SSSR count). The van der Waals surface area contributed by atoms with E-state index < -0.39 is 0 Å². The average molecular weight is 375 g/mol. The third-order valence-electron chi connectivity index (χ3n) is 5.10.